The van der Waals surface area contributed by atoms with Gasteiger partial charge < -0.3 is 0 Å². The molecule has 0 aromatic carbocycles. The quantitative estimate of drug-likeness (QED) is 0.221. The maximum Gasteiger partial charge on any atom is 0.146 e. The molecule has 1 heteroatoms. The highest BCUT2D eigenvalue weighted by molar-refractivity contribution is 6.62. The second kappa shape index (κ2) is 9.33. The minimum Gasteiger partial charge on any atom is -0.0848 e. The molecular formula is C25H43B. The number of unbranched alkanes of at least 4 members (excludes halogenated alkanes) is 3. The predicted octanol–water partition coefficient (Wildman–Crippen LogP) is 8.46. The van der Waals surface area contributed by atoms with Gasteiger partial charge in [-0.1, -0.05) is 120 Å². The molecule has 2 atom stereocenters. The van der Waals surface area contributed by atoms with Crippen LogP contribution >= 0.6 is 0 Å². The van der Waals surface area contributed by atoms with Crippen molar-refractivity contribution in [3.05, 3.63) is 12.2 Å². The van der Waals surface area contributed by atoms with E-state index in [1.54, 1.807) is 32.0 Å². The number of hydrogen-bond acceptors (Lipinski definition) is 0. The number of allylic oxidation sites excluding steroid dienone is 2. The fourth-order valence-electron chi connectivity index (χ4n) is 7.36. The molecule has 0 N–H and O–H groups in total. The van der Waals surface area contributed by atoms with Crippen LogP contribution in [-0.2, 0) is 0 Å². The molecule has 26 heavy (non-hydrogen) atoms. The topological polar surface area (TPSA) is 0 Å². The van der Waals surface area contributed by atoms with Crippen LogP contribution in [0.5, 0.6) is 0 Å². The summed E-state index contributed by atoms with van der Waals surface area (Å²) in [6.07, 6.45) is 34.2. The Balaban J connectivity index is 1.17. The van der Waals surface area contributed by atoms with Crippen LogP contribution in [0.25, 0.3) is 0 Å². The highest BCUT2D eigenvalue weighted by Gasteiger charge is 2.39. The summed E-state index contributed by atoms with van der Waals surface area (Å²) in [5.74, 6) is 3.16. The van der Waals surface area contributed by atoms with E-state index in [4.69, 9.17) is 0 Å². The van der Waals surface area contributed by atoms with Gasteiger partial charge in [0.1, 0.15) is 6.71 Å². The lowest BCUT2D eigenvalue weighted by Crippen LogP contribution is -2.30. The van der Waals surface area contributed by atoms with Gasteiger partial charge in [0.05, 0.1) is 0 Å². The van der Waals surface area contributed by atoms with Crippen molar-refractivity contribution in [1.82, 2.24) is 0 Å². The molecule has 0 aromatic rings. The average molecular weight is 354 g/mol. The minimum atomic E-state index is 0.664. The van der Waals surface area contributed by atoms with Gasteiger partial charge in [-0.15, -0.1) is 0 Å². The van der Waals surface area contributed by atoms with Gasteiger partial charge in [-0.2, -0.15) is 0 Å². The first-order valence-electron chi connectivity index (χ1n) is 12.5. The molecule has 0 radical (unpaired) electrons. The third-order valence-electron chi connectivity index (χ3n) is 8.88. The smallest absolute Gasteiger partial charge is 0.0848 e. The minimum absolute atomic E-state index is 0.664. The van der Waals surface area contributed by atoms with Crippen molar-refractivity contribution in [3.63, 3.8) is 0 Å². The van der Waals surface area contributed by atoms with E-state index in [2.05, 4.69) is 12.2 Å². The summed E-state index contributed by atoms with van der Waals surface area (Å²) in [5.41, 5.74) is 0.664. The fourth-order valence-corrected chi connectivity index (χ4v) is 7.36. The summed E-state index contributed by atoms with van der Waals surface area (Å²) in [6.45, 7) is 1.10. The van der Waals surface area contributed by atoms with Crippen LogP contribution in [0.3, 0.4) is 0 Å². The van der Waals surface area contributed by atoms with Gasteiger partial charge in [-0.25, -0.2) is 0 Å². The first-order valence-corrected chi connectivity index (χ1v) is 12.5. The van der Waals surface area contributed by atoms with Crippen LogP contribution < -0.4 is 0 Å². The molecular weight excluding hydrogens is 311 g/mol. The lowest BCUT2D eigenvalue weighted by atomic mass is 9.28. The van der Waals surface area contributed by atoms with E-state index < -0.39 is 0 Å². The molecule has 3 fully saturated rings. The fraction of sp³-hybridized carbons (Fsp3) is 0.920. The van der Waals surface area contributed by atoms with Gasteiger partial charge in [0.2, 0.25) is 0 Å². The van der Waals surface area contributed by atoms with E-state index in [0.717, 1.165) is 24.3 Å². The zero-order chi connectivity index (χ0) is 17.7. The standard InChI is InChI=1S/C25H43B/c1(9-17-25-18-15-22(21-25)16-19-25)2-10-20-26(23-11-5-3-6-12-23)24-13-7-4-8-14-24/h15,18,22-24H,1-14,16-17,19-21H2. The molecule has 3 saturated carbocycles. The molecule has 4 aliphatic carbocycles. The van der Waals surface area contributed by atoms with Crippen LogP contribution in [0, 0.1) is 11.3 Å². The van der Waals surface area contributed by atoms with E-state index in [1.165, 1.54) is 89.9 Å². The average Bonchev–Trinajstić information content (AvgIpc) is 3.30. The maximum atomic E-state index is 2.60. The molecule has 0 heterocycles. The lowest BCUT2D eigenvalue weighted by molar-refractivity contribution is 0.351. The molecule has 146 valence electrons. The van der Waals surface area contributed by atoms with Crippen molar-refractivity contribution in [3.8, 4) is 0 Å². The van der Waals surface area contributed by atoms with Gasteiger partial charge in [0.25, 0.3) is 0 Å². The highest BCUT2D eigenvalue weighted by atomic mass is 14.4. The van der Waals surface area contributed by atoms with Crippen molar-refractivity contribution in [2.45, 2.75) is 134 Å². The van der Waals surface area contributed by atoms with Gasteiger partial charge in [0.15, 0.2) is 0 Å². The van der Waals surface area contributed by atoms with Gasteiger partial charge in [0, 0.05) is 0 Å². The zero-order valence-electron chi connectivity index (χ0n) is 17.4. The van der Waals surface area contributed by atoms with Crippen LogP contribution in [0.1, 0.15) is 116 Å². The molecule has 4 rings (SSSR count). The van der Waals surface area contributed by atoms with E-state index in [0.29, 0.717) is 5.41 Å². The Labute approximate surface area is 164 Å². The SMILES string of the molecule is C1=CC2(CCCCCCB(C3CCCCC3)C3CCCCC3)CCC1C2. The summed E-state index contributed by atoms with van der Waals surface area (Å²) in [7, 11) is 0. The van der Waals surface area contributed by atoms with Crippen molar-refractivity contribution in [1.29, 1.82) is 0 Å². The molecule has 0 aliphatic heterocycles. The van der Waals surface area contributed by atoms with Crippen molar-refractivity contribution in [2.24, 2.45) is 11.3 Å². The first kappa shape index (κ1) is 19.1. The Morgan fingerprint density at radius 2 is 1.38 bits per heavy atom. The second-order valence-corrected chi connectivity index (χ2v) is 10.6. The number of hydrogen-bond donors (Lipinski definition) is 0. The Morgan fingerprint density at radius 3 is 1.92 bits per heavy atom. The van der Waals surface area contributed by atoms with Crippen LogP contribution in [0.4, 0.5) is 0 Å². The van der Waals surface area contributed by atoms with Crippen molar-refractivity contribution < 1.29 is 0 Å². The Morgan fingerprint density at radius 1 is 0.731 bits per heavy atom. The molecule has 0 nitrogen and oxygen atoms in total. The monoisotopic (exact) mass is 354 g/mol. The van der Waals surface area contributed by atoms with E-state index >= 15 is 0 Å². The van der Waals surface area contributed by atoms with Crippen LogP contribution in [0.15, 0.2) is 12.2 Å². The van der Waals surface area contributed by atoms with E-state index in [-0.39, 0.29) is 0 Å². The van der Waals surface area contributed by atoms with Crippen molar-refractivity contribution in [2.75, 3.05) is 0 Å². The van der Waals surface area contributed by atoms with Gasteiger partial charge in [-0.05, 0) is 37.0 Å². The zero-order valence-corrected chi connectivity index (χ0v) is 17.4. The van der Waals surface area contributed by atoms with Crippen molar-refractivity contribution >= 4 is 6.71 Å². The summed E-state index contributed by atoms with van der Waals surface area (Å²) >= 11 is 0. The second-order valence-electron chi connectivity index (χ2n) is 10.6. The van der Waals surface area contributed by atoms with Crippen LogP contribution in [0.2, 0.25) is 18.0 Å². The Hall–Kier alpha value is -0.195. The van der Waals surface area contributed by atoms with Gasteiger partial charge >= 0.3 is 0 Å². The lowest BCUT2D eigenvalue weighted by Gasteiger charge is -2.35. The Bertz CT molecular complexity index is 425. The van der Waals surface area contributed by atoms with E-state index in [1.807, 2.05) is 0 Å². The largest absolute Gasteiger partial charge is 0.146 e. The van der Waals surface area contributed by atoms with Crippen LogP contribution in [-0.4, -0.2) is 6.71 Å². The Kier molecular flexibility index (Phi) is 6.87. The third kappa shape index (κ3) is 4.80. The molecule has 0 amide bonds. The predicted molar refractivity (Wildman–Crippen MR) is 116 cm³/mol. The van der Waals surface area contributed by atoms with E-state index in [9.17, 15) is 0 Å². The molecule has 4 aliphatic rings. The summed E-state index contributed by atoms with van der Waals surface area (Å²) in [5, 5.41) is 0. The molecule has 0 spiro atoms. The summed E-state index contributed by atoms with van der Waals surface area (Å²) in [6, 6.07) is 0. The number of rotatable bonds is 9. The summed E-state index contributed by atoms with van der Waals surface area (Å²) in [4.78, 5) is 0. The third-order valence-corrected chi connectivity index (χ3v) is 8.88. The van der Waals surface area contributed by atoms with Gasteiger partial charge in [-0.3, -0.25) is 0 Å². The molecule has 2 unspecified atom stereocenters. The molecule has 0 aromatic heterocycles. The molecule has 0 saturated heterocycles. The summed E-state index contributed by atoms with van der Waals surface area (Å²) < 4.78 is 0. The normalized spacial score (nSPS) is 32.4. The molecule has 2 bridgehead atoms. The highest BCUT2D eigenvalue weighted by Crippen LogP contribution is 2.52. The maximum absolute atomic E-state index is 2.60. The number of fused-ring (bicyclic) bond motifs is 2. The first-order chi connectivity index (χ1) is 12.8.